The van der Waals surface area contributed by atoms with Gasteiger partial charge < -0.3 is 19.6 Å². The largest absolute Gasteiger partial charge is 0.449 e. The summed E-state index contributed by atoms with van der Waals surface area (Å²) in [6.07, 6.45) is 2.40. The van der Waals surface area contributed by atoms with Gasteiger partial charge in [-0.15, -0.1) is 0 Å². The van der Waals surface area contributed by atoms with Crippen molar-refractivity contribution in [1.29, 1.82) is 0 Å². The predicted octanol–water partition coefficient (Wildman–Crippen LogP) is 4.55. The molecule has 29 heavy (non-hydrogen) atoms. The van der Waals surface area contributed by atoms with E-state index < -0.39 is 12.1 Å². The van der Waals surface area contributed by atoms with E-state index in [2.05, 4.69) is 34.6 Å². The minimum Gasteiger partial charge on any atom is -0.449 e. The van der Waals surface area contributed by atoms with E-state index >= 15 is 0 Å². The number of alkyl carbamates (subject to hydrolysis) is 1. The molecular formula is C23H24N2O4. The number of hydrogen-bond acceptors (Lipinski definition) is 5. The fraction of sp³-hybridized carbons (Fsp3) is 0.304. The number of aliphatic hydroxyl groups excluding tert-OH is 1. The van der Waals surface area contributed by atoms with Crippen molar-refractivity contribution in [2.45, 2.75) is 38.3 Å². The predicted molar refractivity (Wildman–Crippen MR) is 108 cm³/mol. The lowest BCUT2D eigenvalue weighted by atomic mass is 9.98. The standard InChI is InChI=1S/C23H24N2O4/c1-2-7-21(22-24-15(12-26)13-28-22)25-23(27)29-14-20-18-10-5-3-8-16(18)17-9-4-6-11-19(17)20/h3-6,8-11,13,20-21,26H,2,7,12,14H2,1H3,(H,25,27)/t21-/m0/s1. The summed E-state index contributed by atoms with van der Waals surface area (Å²) in [4.78, 5) is 16.7. The first kappa shape index (κ1) is 19.2. The summed E-state index contributed by atoms with van der Waals surface area (Å²) in [7, 11) is 0. The van der Waals surface area contributed by atoms with Gasteiger partial charge in [0.1, 0.15) is 24.6 Å². The zero-order chi connectivity index (χ0) is 20.2. The molecule has 6 heteroatoms. The van der Waals surface area contributed by atoms with Crippen LogP contribution in [0, 0.1) is 0 Å². The molecule has 0 saturated carbocycles. The van der Waals surface area contributed by atoms with Crippen LogP contribution < -0.4 is 5.32 Å². The molecule has 0 unspecified atom stereocenters. The molecule has 1 atom stereocenters. The summed E-state index contributed by atoms with van der Waals surface area (Å²) in [5.74, 6) is 0.393. The average molecular weight is 392 g/mol. The molecule has 6 nitrogen and oxygen atoms in total. The number of hydrogen-bond donors (Lipinski definition) is 2. The van der Waals surface area contributed by atoms with Crippen LogP contribution in [0.4, 0.5) is 4.79 Å². The SMILES string of the molecule is CCC[C@H](NC(=O)OCC1c2ccccc2-c2ccccc21)c1nc(CO)co1. The number of amides is 1. The van der Waals surface area contributed by atoms with Crippen molar-refractivity contribution in [3.8, 4) is 11.1 Å². The Morgan fingerprint density at radius 3 is 2.41 bits per heavy atom. The highest BCUT2D eigenvalue weighted by molar-refractivity contribution is 5.79. The first-order valence-corrected chi connectivity index (χ1v) is 9.88. The number of aromatic nitrogens is 1. The summed E-state index contributed by atoms with van der Waals surface area (Å²) in [5.41, 5.74) is 5.17. The Morgan fingerprint density at radius 1 is 1.17 bits per heavy atom. The highest BCUT2D eigenvalue weighted by Crippen LogP contribution is 2.44. The third kappa shape index (κ3) is 3.89. The fourth-order valence-corrected chi connectivity index (χ4v) is 3.88. The second kappa shape index (κ2) is 8.49. The number of carbonyl (C=O) groups is 1. The molecular weight excluding hydrogens is 368 g/mol. The number of nitrogens with one attached hydrogen (secondary N) is 1. The lowest BCUT2D eigenvalue weighted by Crippen LogP contribution is -2.30. The normalized spacial score (nSPS) is 13.6. The van der Waals surface area contributed by atoms with Crippen LogP contribution in [0.1, 0.15) is 54.4 Å². The van der Waals surface area contributed by atoms with Crippen LogP contribution in [0.3, 0.4) is 0 Å². The summed E-state index contributed by atoms with van der Waals surface area (Å²) in [6, 6.07) is 16.1. The van der Waals surface area contributed by atoms with Gasteiger partial charge in [0.15, 0.2) is 0 Å². The molecule has 150 valence electrons. The van der Waals surface area contributed by atoms with E-state index in [1.807, 2.05) is 31.2 Å². The van der Waals surface area contributed by atoms with Gasteiger partial charge in [-0.05, 0) is 28.7 Å². The molecule has 0 saturated heterocycles. The molecule has 4 rings (SSSR count). The number of benzene rings is 2. The van der Waals surface area contributed by atoms with Crippen molar-refractivity contribution in [2.24, 2.45) is 0 Å². The van der Waals surface area contributed by atoms with Crippen LogP contribution in [-0.2, 0) is 11.3 Å². The number of ether oxygens (including phenoxy) is 1. The molecule has 0 spiro atoms. The fourth-order valence-electron chi connectivity index (χ4n) is 3.88. The number of oxazole rings is 1. The second-order valence-corrected chi connectivity index (χ2v) is 7.15. The lowest BCUT2D eigenvalue weighted by molar-refractivity contribution is 0.136. The average Bonchev–Trinajstić information content (AvgIpc) is 3.35. The number of nitrogens with zero attached hydrogens (tertiary/aromatic N) is 1. The molecule has 1 amide bonds. The third-order valence-electron chi connectivity index (χ3n) is 5.24. The van der Waals surface area contributed by atoms with Crippen LogP contribution in [0.2, 0.25) is 0 Å². The smallest absolute Gasteiger partial charge is 0.407 e. The summed E-state index contributed by atoms with van der Waals surface area (Å²) in [5, 5.41) is 12.0. The van der Waals surface area contributed by atoms with E-state index in [9.17, 15) is 9.90 Å². The quantitative estimate of drug-likeness (QED) is 0.616. The van der Waals surface area contributed by atoms with Crippen LogP contribution in [0.5, 0.6) is 0 Å². The maximum Gasteiger partial charge on any atom is 0.407 e. The third-order valence-corrected chi connectivity index (χ3v) is 5.24. The Labute approximate surface area is 169 Å². The Bertz CT molecular complexity index is 952. The summed E-state index contributed by atoms with van der Waals surface area (Å²) in [6.45, 7) is 2.07. The molecule has 2 aromatic carbocycles. The molecule has 0 bridgehead atoms. The first-order valence-electron chi connectivity index (χ1n) is 9.88. The molecule has 0 aliphatic heterocycles. The van der Waals surface area contributed by atoms with Gasteiger partial charge in [0.2, 0.25) is 5.89 Å². The van der Waals surface area contributed by atoms with Gasteiger partial charge in [0, 0.05) is 5.92 Å². The van der Waals surface area contributed by atoms with Crippen molar-refractivity contribution < 1.29 is 19.1 Å². The zero-order valence-corrected chi connectivity index (χ0v) is 16.3. The van der Waals surface area contributed by atoms with Crippen molar-refractivity contribution in [3.05, 3.63) is 77.5 Å². The molecule has 1 aromatic heterocycles. The van der Waals surface area contributed by atoms with Gasteiger partial charge in [-0.25, -0.2) is 9.78 Å². The first-order chi connectivity index (χ1) is 14.2. The molecule has 2 N–H and O–H groups in total. The van der Waals surface area contributed by atoms with Crippen LogP contribution >= 0.6 is 0 Å². The minimum absolute atomic E-state index is 0.0144. The maximum atomic E-state index is 12.5. The monoisotopic (exact) mass is 392 g/mol. The van der Waals surface area contributed by atoms with E-state index in [-0.39, 0.29) is 19.1 Å². The van der Waals surface area contributed by atoms with Gasteiger partial charge in [0.25, 0.3) is 0 Å². The highest BCUT2D eigenvalue weighted by Gasteiger charge is 2.29. The van der Waals surface area contributed by atoms with Crippen molar-refractivity contribution in [1.82, 2.24) is 10.3 Å². The molecule has 3 aromatic rings. The van der Waals surface area contributed by atoms with Crippen LogP contribution in [0.15, 0.2) is 59.2 Å². The Balaban J connectivity index is 1.45. The van der Waals surface area contributed by atoms with Gasteiger partial charge in [-0.1, -0.05) is 61.9 Å². The number of aliphatic hydroxyl groups is 1. The zero-order valence-electron chi connectivity index (χ0n) is 16.3. The summed E-state index contributed by atoms with van der Waals surface area (Å²) >= 11 is 0. The van der Waals surface area contributed by atoms with Crippen LogP contribution in [0.25, 0.3) is 11.1 Å². The van der Waals surface area contributed by atoms with Gasteiger partial charge in [0.05, 0.1) is 6.61 Å². The molecule has 1 heterocycles. The van der Waals surface area contributed by atoms with E-state index in [1.54, 1.807) is 0 Å². The maximum absolute atomic E-state index is 12.5. The van der Waals surface area contributed by atoms with Crippen molar-refractivity contribution in [2.75, 3.05) is 6.61 Å². The molecule has 1 aliphatic rings. The van der Waals surface area contributed by atoms with E-state index in [0.717, 1.165) is 6.42 Å². The molecule has 0 fully saturated rings. The molecule has 0 radical (unpaired) electrons. The lowest BCUT2D eigenvalue weighted by Gasteiger charge is -2.17. The van der Waals surface area contributed by atoms with Crippen molar-refractivity contribution in [3.63, 3.8) is 0 Å². The van der Waals surface area contributed by atoms with Gasteiger partial charge >= 0.3 is 6.09 Å². The Hall–Kier alpha value is -3.12. The number of rotatable bonds is 7. The second-order valence-electron chi connectivity index (χ2n) is 7.15. The topological polar surface area (TPSA) is 84.6 Å². The van der Waals surface area contributed by atoms with Crippen molar-refractivity contribution >= 4 is 6.09 Å². The van der Waals surface area contributed by atoms with E-state index in [0.29, 0.717) is 18.0 Å². The Kier molecular flexibility index (Phi) is 5.62. The number of fused-ring (bicyclic) bond motifs is 3. The molecule has 1 aliphatic carbocycles. The highest BCUT2D eigenvalue weighted by atomic mass is 16.5. The van der Waals surface area contributed by atoms with E-state index in [4.69, 9.17) is 9.15 Å². The Morgan fingerprint density at radius 2 is 1.83 bits per heavy atom. The minimum atomic E-state index is -0.505. The van der Waals surface area contributed by atoms with Gasteiger partial charge in [-0.3, -0.25) is 0 Å². The number of carbonyl (C=O) groups excluding carboxylic acids is 1. The van der Waals surface area contributed by atoms with E-state index in [1.165, 1.54) is 28.5 Å². The summed E-state index contributed by atoms with van der Waals surface area (Å²) < 4.78 is 11.0. The van der Waals surface area contributed by atoms with Gasteiger partial charge in [-0.2, -0.15) is 0 Å². The van der Waals surface area contributed by atoms with Crippen LogP contribution in [-0.4, -0.2) is 22.8 Å².